The Labute approximate surface area is 141 Å². The number of nitrogens with one attached hydrogen (secondary N) is 2. The number of hydrogen-bond donors (Lipinski definition) is 2. The van der Waals surface area contributed by atoms with E-state index in [9.17, 15) is 4.79 Å². The fourth-order valence-corrected chi connectivity index (χ4v) is 3.02. The zero-order valence-corrected chi connectivity index (χ0v) is 14.4. The average molecular weight is 332 g/mol. The van der Waals surface area contributed by atoms with Crippen molar-refractivity contribution in [2.45, 2.75) is 51.9 Å². The molecule has 1 aromatic carbocycles. The highest BCUT2D eigenvalue weighted by molar-refractivity contribution is 7.15. The summed E-state index contributed by atoms with van der Waals surface area (Å²) in [5.74, 6) is 0. The third kappa shape index (κ3) is 6.78. The van der Waals surface area contributed by atoms with Gasteiger partial charge in [0.2, 0.25) is 5.13 Å². The van der Waals surface area contributed by atoms with Crippen LogP contribution in [0, 0.1) is 0 Å². The zero-order valence-electron chi connectivity index (χ0n) is 13.5. The molecule has 0 radical (unpaired) electrons. The minimum Gasteiger partial charge on any atom is -0.308 e. The highest BCUT2D eigenvalue weighted by Gasteiger charge is 2.08. The van der Waals surface area contributed by atoms with Gasteiger partial charge in [-0.25, -0.2) is 4.79 Å². The van der Waals surface area contributed by atoms with Gasteiger partial charge in [0, 0.05) is 12.1 Å². The fourth-order valence-electron chi connectivity index (χ4n) is 2.24. The summed E-state index contributed by atoms with van der Waals surface area (Å²) < 4.78 is 0. The molecule has 124 valence electrons. The predicted octanol–water partition coefficient (Wildman–Crippen LogP) is 5.09. The first-order chi connectivity index (χ1) is 11.3. The lowest BCUT2D eigenvalue weighted by molar-refractivity contribution is 0.262. The van der Waals surface area contributed by atoms with Crippen molar-refractivity contribution in [1.29, 1.82) is 0 Å². The molecule has 2 amide bonds. The van der Waals surface area contributed by atoms with Crippen LogP contribution in [0.4, 0.5) is 15.6 Å². The van der Waals surface area contributed by atoms with E-state index >= 15 is 0 Å². The standard InChI is InChI=1S/C17H24N4OS/c1-2-3-4-5-6-10-13-15-20-21-17(23-15)19-16(22)18-14-11-8-7-9-12-14/h7-9,11-12H,2-6,10,13H2,1H3,(H2,18,19,21,22). The van der Waals surface area contributed by atoms with Crippen LogP contribution in [0.3, 0.4) is 0 Å². The van der Waals surface area contributed by atoms with Gasteiger partial charge in [0.05, 0.1) is 0 Å². The van der Waals surface area contributed by atoms with Crippen molar-refractivity contribution in [3.63, 3.8) is 0 Å². The Bertz CT molecular complexity index is 585. The van der Waals surface area contributed by atoms with Gasteiger partial charge < -0.3 is 5.32 Å². The zero-order chi connectivity index (χ0) is 16.3. The molecule has 1 heterocycles. The maximum Gasteiger partial charge on any atom is 0.325 e. The molecule has 0 saturated carbocycles. The highest BCUT2D eigenvalue weighted by atomic mass is 32.1. The minimum absolute atomic E-state index is 0.293. The van der Waals surface area contributed by atoms with Crippen molar-refractivity contribution in [3.8, 4) is 0 Å². The van der Waals surface area contributed by atoms with E-state index in [-0.39, 0.29) is 6.03 Å². The molecule has 0 atom stereocenters. The molecule has 1 aromatic heterocycles. The lowest BCUT2D eigenvalue weighted by atomic mass is 10.1. The maximum absolute atomic E-state index is 11.9. The molecule has 0 spiro atoms. The third-order valence-corrected chi connectivity index (χ3v) is 4.36. The number of urea groups is 1. The molecule has 6 heteroatoms. The Kier molecular flexibility index (Phi) is 7.52. The maximum atomic E-state index is 11.9. The van der Waals surface area contributed by atoms with Crippen molar-refractivity contribution < 1.29 is 4.79 Å². The van der Waals surface area contributed by atoms with E-state index in [1.54, 1.807) is 0 Å². The van der Waals surface area contributed by atoms with Crippen LogP contribution >= 0.6 is 11.3 Å². The van der Waals surface area contributed by atoms with Gasteiger partial charge in [-0.2, -0.15) is 0 Å². The van der Waals surface area contributed by atoms with Crippen molar-refractivity contribution in [1.82, 2.24) is 10.2 Å². The molecular formula is C17H24N4OS. The number of aryl methyl sites for hydroxylation is 1. The van der Waals surface area contributed by atoms with E-state index < -0.39 is 0 Å². The van der Waals surface area contributed by atoms with Gasteiger partial charge in [-0.3, -0.25) is 5.32 Å². The molecule has 0 bridgehead atoms. The fraction of sp³-hybridized carbons (Fsp3) is 0.471. The lowest BCUT2D eigenvalue weighted by Gasteiger charge is -2.03. The van der Waals surface area contributed by atoms with Gasteiger partial charge in [-0.05, 0) is 18.6 Å². The van der Waals surface area contributed by atoms with Crippen LogP contribution in [0.25, 0.3) is 0 Å². The number of unbranched alkanes of at least 4 members (excludes halogenated alkanes) is 5. The number of carbonyl (C=O) groups excluding carboxylic acids is 1. The summed E-state index contributed by atoms with van der Waals surface area (Å²) >= 11 is 1.45. The molecule has 0 aliphatic rings. The molecule has 2 rings (SSSR count). The molecule has 0 saturated heterocycles. The molecule has 2 N–H and O–H groups in total. The normalized spacial score (nSPS) is 10.5. The number of nitrogens with zero attached hydrogens (tertiary/aromatic N) is 2. The summed E-state index contributed by atoms with van der Waals surface area (Å²) in [5.41, 5.74) is 0.752. The number of aromatic nitrogens is 2. The second kappa shape index (κ2) is 9.94. The van der Waals surface area contributed by atoms with Gasteiger partial charge in [-0.15, -0.1) is 10.2 Å². The van der Waals surface area contributed by atoms with E-state index in [0.29, 0.717) is 5.13 Å². The number of rotatable bonds is 9. The Hall–Kier alpha value is -1.95. The first-order valence-corrected chi connectivity index (χ1v) is 9.05. The topological polar surface area (TPSA) is 66.9 Å². The van der Waals surface area contributed by atoms with Gasteiger partial charge in [0.15, 0.2) is 0 Å². The molecule has 23 heavy (non-hydrogen) atoms. The van der Waals surface area contributed by atoms with Crippen LogP contribution in [0.5, 0.6) is 0 Å². The molecule has 0 unspecified atom stereocenters. The monoisotopic (exact) mass is 332 g/mol. The summed E-state index contributed by atoms with van der Waals surface area (Å²) in [7, 11) is 0. The molecular weight excluding hydrogens is 308 g/mol. The molecule has 5 nitrogen and oxygen atoms in total. The predicted molar refractivity (Wildman–Crippen MR) is 96.1 cm³/mol. The Morgan fingerprint density at radius 3 is 2.52 bits per heavy atom. The van der Waals surface area contributed by atoms with Gasteiger partial charge in [-0.1, -0.05) is 68.6 Å². The van der Waals surface area contributed by atoms with Crippen molar-refractivity contribution >= 4 is 28.2 Å². The van der Waals surface area contributed by atoms with Gasteiger partial charge in [0.25, 0.3) is 0 Å². The number of benzene rings is 1. The smallest absolute Gasteiger partial charge is 0.308 e. The molecule has 0 aliphatic carbocycles. The first-order valence-electron chi connectivity index (χ1n) is 8.23. The van der Waals surface area contributed by atoms with Crippen LogP contribution in [-0.2, 0) is 6.42 Å². The second-order valence-corrected chi connectivity index (χ2v) is 6.53. The largest absolute Gasteiger partial charge is 0.325 e. The van der Waals surface area contributed by atoms with Crippen LogP contribution in [0.2, 0.25) is 0 Å². The number of para-hydroxylation sites is 1. The lowest BCUT2D eigenvalue weighted by Crippen LogP contribution is -2.19. The molecule has 0 fully saturated rings. The average Bonchev–Trinajstić information content (AvgIpc) is 2.99. The van der Waals surface area contributed by atoms with Crippen LogP contribution in [0.1, 0.15) is 50.5 Å². The highest BCUT2D eigenvalue weighted by Crippen LogP contribution is 2.18. The SMILES string of the molecule is CCCCCCCCc1nnc(NC(=O)Nc2ccccc2)s1. The van der Waals surface area contributed by atoms with Crippen molar-refractivity contribution in [3.05, 3.63) is 35.3 Å². The van der Waals surface area contributed by atoms with E-state index in [2.05, 4.69) is 27.8 Å². The van der Waals surface area contributed by atoms with E-state index in [0.717, 1.165) is 23.5 Å². The summed E-state index contributed by atoms with van der Waals surface area (Å²) in [4.78, 5) is 11.9. The molecule has 2 aromatic rings. The summed E-state index contributed by atoms with van der Waals surface area (Å²) in [6.07, 6.45) is 8.51. The Morgan fingerprint density at radius 1 is 1.00 bits per heavy atom. The Balaban J connectivity index is 1.69. The third-order valence-electron chi connectivity index (χ3n) is 3.46. The van der Waals surface area contributed by atoms with E-state index in [1.165, 1.54) is 43.4 Å². The van der Waals surface area contributed by atoms with Gasteiger partial charge >= 0.3 is 6.03 Å². The summed E-state index contributed by atoms with van der Waals surface area (Å²) in [6, 6.07) is 9.03. The van der Waals surface area contributed by atoms with Crippen molar-refractivity contribution in [2.75, 3.05) is 10.6 Å². The molecule has 0 aliphatic heterocycles. The van der Waals surface area contributed by atoms with Crippen LogP contribution in [0.15, 0.2) is 30.3 Å². The Morgan fingerprint density at radius 2 is 1.74 bits per heavy atom. The van der Waals surface area contributed by atoms with Gasteiger partial charge in [0.1, 0.15) is 5.01 Å². The van der Waals surface area contributed by atoms with E-state index in [1.807, 2.05) is 30.3 Å². The second-order valence-electron chi connectivity index (χ2n) is 5.46. The van der Waals surface area contributed by atoms with Crippen LogP contribution in [-0.4, -0.2) is 16.2 Å². The number of amides is 2. The van der Waals surface area contributed by atoms with Crippen molar-refractivity contribution in [2.24, 2.45) is 0 Å². The first kappa shape index (κ1) is 17.4. The minimum atomic E-state index is -0.293. The van der Waals surface area contributed by atoms with Crippen LogP contribution < -0.4 is 10.6 Å². The summed E-state index contributed by atoms with van der Waals surface area (Å²) in [5, 5.41) is 15.2. The summed E-state index contributed by atoms with van der Waals surface area (Å²) in [6.45, 7) is 2.23. The number of anilines is 2. The van der Waals surface area contributed by atoms with E-state index in [4.69, 9.17) is 0 Å². The number of carbonyl (C=O) groups is 1. The quantitative estimate of drug-likeness (QED) is 0.629. The number of hydrogen-bond acceptors (Lipinski definition) is 4.